The SMILES string of the molecule is CN(C)CCNC1(C#N)Cc2ccccc2C1. The summed E-state index contributed by atoms with van der Waals surface area (Å²) in [6.07, 6.45) is 1.65. The third kappa shape index (κ3) is 2.66. The van der Waals surface area contributed by atoms with Crippen molar-refractivity contribution in [1.29, 1.82) is 5.26 Å². The highest BCUT2D eigenvalue weighted by Crippen LogP contribution is 2.29. The molecule has 3 heteroatoms. The number of nitriles is 1. The van der Waals surface area contributed by atoms with Crippen molar-refractivity contribution in [3.8, 4) is 6.07 Å². The molecule has 0 spiro atoms. The Kier molecular flexibility index (Phi) is 3.46. The standard InChI is InChI=1S/C14H19N3/c1-17(2)8-7-16-14(11-15)9-12-5-3-4-6-13(12)10-14/h3-6,16H,7-10H2,1-2H3. The van der Waals surface area contributed by atoms with Crippen molar-refractivity contribution in [2.24, 2.45) is 0 Å². The van der Waals surface area contributed by atoms with Crippen LogP contribution in [0.5, 0.6) is 0 Å². The average Bonchev–Trinajstić information content (AvgIpc) is 2.67. The zero-order chi connectivity index (χ0) is 12.3. The van der Waals surface area contributed by atoms with Gasteiger partial charge in [0.25, 0.3) is 0 Å². The van der Waals surface area contributed by atoms with Crippen LogP contribution in [0.2, 0.25) is 0 Å². The summed E-state index contributed by atoms with van der Waals surface area (Å²) in [5.74, 6) is 0. The zero-order valence-corrected chi connectivity index (χ0v) is 10.5. The molecule has 1 aromatic carbocycles. The van der Waals surface area contributed by atoms with Gasteiger partial charge in [-0.2, -0.15) is 5.26 Å². The van der Waals surface area contributed by atoms with E-state index in [9.17, 15) is 5.26 Å². The Balaban J connectivity index is 2.03. The molecule has 1 aliphatic rings. The minimum atomic E-state index is -0.389. The van der Waals surface area contributed by atoms with Gasteiger partial charge in [-0.3, -0.25) is 5.32 Å². The van der Waals surface area contributed by atoms with Crippen molar-refractivity contribution in [1.82, 2.24) is 10.2 Å². The molecule has 0 bridgehead atoms. The molecule has 0 saturated heterocycles. The second-order valence-corrected chi connectivity index (χ2v) is 5.05. The van der Waals surface area contributed by atoms with Crippen LogP contribution in [0.15, 0.2) is 24.3 Å². The van der Waals surface area contributed by atoms with E-state index in [4.69, 9.17) is 0 Å². The summed E-state index contributed by atoms with van der Waals surface area (Å²) in [5.41, 5.74) is 2.23. The largest absolute Gasteiger partial charge is 0.308 e. The molecule has 90 valence electrons. The van der Waals surface area contributed by atoms with E-state index in [1.54, 1.807) is 0 Å². The lowest BCUT2D eigenvalue weighted by Crippen LogP contribution is -2.47. The van der Waals surface area contributed by atoms with Gasteiger partial charge in [-0.1, -0.05) is 24.3 Å². The van der Waals surface area contributed by atoms with Gasteiger partial charge in [-0.05, 0) is 25.2 Å². The number of rotatable bonds is 4. The van der Waals surface area contributed by atoms with Crippen LogP contribution in [0, 0.1) is 11.3 Å². The van der Waals surface area contributed by atoms with E-state index in [1.165, 1.54) is 11.1 Å². The molecule has 1 aliphatic carbocycles. The first-order valence-electron chi connectivity index (χ1n) is 6.03. The Morgan fingerprint density at radius 1 is 1.29 bits per heavy atom. The molecule has 0 aliphatic heterocycles. The van der Waals surface area contributed by atoms with Gasteiger partial charge in [0, 0.05) is 25.9 Å². The number of likely N-dealkylation sites (N-methyl/N-ethyl adjacent to an activating group) is 1. The van der Waals surface area contributed by atoms with Crippen molar-refractivity contribution in [2.75, 3.05) is 27.2 Å². The second-order valence-electron chi connectivity index (χ2n) is 5.05. The van der Waals surface area contributed by atoms with Crippen LogP contribution in [0.3, 0.4) is 0 Å². The van der Waals surface area contributed by atoms with Crippen LogP contribution in [0.4, 0.5) is 0 Å². The summed E-state index contributed by atoms with van der Waals surface area (Å²) >= 11 is 0. The first-order chi connectivity index (χ1) is 8.15. The molecule has 0 atom stereocenters. The monoisotopic (exact) mass is 229 g/mol. The van der Waals surface area contributed by atoms with E-state index in [0.29, 0.717) is 0 Å². The molecular formula is C14H19N3. The predicted molar refractivity (Wildman–Crippen MR) is 68.8 cm³/mol. The summed E-state index contributed by atoms with van der Waals surface area (Å²) < 4.78 is 0. The Labute approximate surface area is 103 Å². The van der Waals surface area contributed by atoms with Gasteiger partial charge in [0.05, 0.1) is 6.07 Å². The molecule has 0 radical (unpaired) electrons. The van der Waals surface area contributed by atoms with Gasteiger partial charge in [0.2, 0.25) is 0 Å². The number of nitrogens with zero attached hydrogens (tertiary/aromatic N) is 2. The smallest absolute Gasteiger partial charge is 0.114 e. The molecule has 3 nitrogen and oxygen atoms in total. The van der Waals surface area contributed by atoms with E-state index in [1.807, 2.05) is 26.2 Å². The Morgan fingerprint density at radius 2 is 1.88 bits per heavy atom. The van der Waals surface area contributed by atoms with Crippen LogP contribution < -0.4 is 5.32 Å². The highest BCUT2D eigenvalue weighted by molar-refractivity contribution is 5.39. The third-order valence-electron chi connectivity index (χ3n) is 3.34. The molecule has 0 heterocycles. The van der Waals surface area contributed by atoms with Crippen LogP contribution >= 0.6 is 0 Å². The predicted octanol–water partition coefficient (Wildman–Crippen LogP) is 1.20. The quantitative estimate of drug-likeness (QED) is 0.843. The lowest BCUT2D eigenvalue weighted by atomic mass is 9.98. The molecule has 0 unspecified atom stereocenters. The summed E-state index contributed by atoms with van der Waals surface area (Å²) in [7, 11) is 4.09. The van der Waals surface area contributed by atoms with Crippen molar-refractivity contribution in [3.63, 3.8) is 0 Å². The fourth-order valence-corrected chi connectivity index (χ4v) is 2.38. The third-order valence-corrected chi connectivity index (χ3v) is 3.34. The lowest BCUT2D eigenvalue weighted by Gasteiger charge is -2.23. The van der Waals surface area contributed by atoms with Crippen LogP contribution in [-0.4, -0.2) is 37.6 Å². The number of nitrogens with one attached hydrogen (secondary N) is 1. The van der Waals surface area contributed by atoms with E-state index in [0.717, 1.165) is 25.9 Å². The highest BCUT2D eigenvalue weighted by Gasteiger charge is 2.36. The van der Waals surface area contributed by atoms with E-state index in [2.05, 4.69) is 28.4 Å². The van der Waals surface area contributed by atoms with Gasteiger partial charge in [0.1, 0.15) is 5.54 Å². The van der Waals surface area contributed by atoms with Crippen molar-refractivity contribution in [3.05, 3.63) is 35.4 Å². The first kappa shape index (κ1) is 12.1. The normalized spacial score (nSPS) is 16.8. The van der Waals surface area contributed by atoms with Crippen LogP contribution in [0.1, 0.15) is 11.1 Å². The minimum Gasteiger partial charge on any atom is -0.308 e. The average molecular weight is 229 g/mol. The summed E-state index contributed by atoms with van der Waals surface area (Å²) in [5, 5.41) is 12.8. The molecule has 2 rings (SSSR count). The second kappa shape index (κ2) is 4.87. The minimum absolute atomic E-state index is 0.389. The summed E-state index contributed by atoms with van der Waals surface area (Å²) in [4.78, 5) is 2.13. The number of fused-ring (bicyclic) bond motifs is 1. The molecule has 0 saturated carbocycles. The topological polar surface area (TPSA) is 39.1 Å². The molecular weight excluding hydrogens is 210 g/mol. The van der Waals surface area contributed by atoms with E-state index < -0.39 is 0 Å². The van der Waals surface area contributed by atoms with Gasteiger partial charge in [0.15, 0.2) is 0 Å². The lowest BCUT2D eigenvalue weighted by molar-refractivity contribution is 0.357. The summed E-state index contributed by atoms with van der Waals surface area (Å²) in [6.45, 7) is 1.81. The highest BCUT2D eigenvalue weighted by atomic mass is 15.1. The van der Waals surface area contributed by atoms with Crippen LogP contribution in [0.25, 0.3) is 0 Å². The number of hydrogen-bond donors (Lipinski definition) is 1. The Bertz CT molecular complexity index is 406. The van der Waals surface area contributed by atoms with E-state index in [-0.39, 0.29) is 5.54 Å². The van der Waals surface area contributed by atoms with Gasteiger partial charge < -0.3 is 4.90 Å². The molecule has 1 aromatic rings. The molecule has 0 amide bonds. The Morgan fingerprint density at radius 3 is 2.35 bits per heavy atom. The van der Waals surface area contributed by atoms with Gasteiger partial charge in [-0.15, -0.1) is 0 Å². The van der Waals surface area contributed by atoms with Crippen molar-refractivity contribution >= 4 is 0 Å². The van der Waals surface area contributed by atoms with Crippen molar-refractivity contribution in [2.45, 2.75) is 18.4 Å². The number of benzene rings is 1. The molecule has 17 heavy (non-hydrogen) atoms. The molecule has 1 N–H and O–H groups in total. The van der Waals surface area contributed by atoms with Crippen LogP contribution in [-0.2, 0) is 12.8 Å². The molecule has 0 aromatic heterocycles. The van der Waals surface area contributed by atoms with Gasteiger partial charge in [-0.25, -0.2) is 0 Å². The summed E-state index contributed by atoms with van der Waals surface area (Å²) in [6, 6.07) is 10.8. The first-order valence-corrected chi connectivity index (χ1v) is 6.03. The Hall–Kier alpha value is -1.37. The van der Waals surface area contributed by atoms with Crippen molar-refractivity contribution < 1.29 is 0 Å². The maximum atomic E-state index is 9.43. The molecule has 0 fully saturated rings. The number of hydrogen-bond acceptors (Lipinski definition) is 3. The maximum absolute atomic E-state index is 9.43. The fourth-order valence-electron chi connectivity index (χ4n) is 2.38. The van der Waals surface area contributed by atoms with Gasteiger partial charge >= 0.3 is 0 Å². The zero-order valence-electron chi connectivity index (χ0n) is 10.5. The maximum Gasteiger partial charge on any atom is 0.114 e. The van der Waals surface area contributed by atoms with E-state index >= 15 is 0 Å². The fraction of sp³-hybridized carbons (Fsp3) is 0.500.